The van der Waals surface area contributed by atoms with Gasteiger partial charge in [0.05, 0.1) is 29.5 Å². The summed E-state index contributed by atoms with van der Waals surface area (Å²) in [6, 6.07) is 6.28. The van der Waals surface area contributed by atoms with Gasteiger partial charge >= 0.3 is 0 Å². The number of piperidine rings is 1. The first-order chi connectivity index (χ1) is 15.0. The van der Waals surface area contributed by atoms with Crippen LogP contribution in [0, 0.1) is 0 Å². The predicted octanol–water partition coefficient (Wildman–Crippen LogP) is 2.09. The molecule has 1 atom stereocenters. The number of hydrogen-bond acceptors (Lipinski definition) is 6. The third-order valence-electron chi connectivity index (χ3n) is 5.83. The second-order valence-electron chi connectivity index (χ2n) is 7.89. The molecule has 2 aliphatic heterocycles. The van der Waals surface area contributed by atoms with Crippen molar-refractivity contribution in [1.29, 1.82) is 0 Å². The van der Waals surface area contributed by atoms with E-state index in [1.165, 1.54) is 10.7 Å². The molecule has 10 heteroatoms. The summed E-state index contributed by atoms with van der Waals surface area (Å²) in [5.74, 6) is -0.247. The molecule has 31 heavy (non-hydrogen) atoms. The van der Waals surface area contributed by atoms with Gasteiger partial charge in [0.2, 0.25) is 15.9 Å². The van der Waals surface area contributed by atoms with Crippen molar-refractivity contribution in [2.45, 2.75) is 37.1 Å². The number of nitrogens with one attached hydrogen (secondary N) is 1. The van der Waals surface area contributed by atoms with Gasteiger partial charge in [-0.3, -0.25) is 9.48 Å². The molecule has 2 fully saturated rings. The Kier molecular flexibility index (Phi) is 6.59. The first-order valence-electron chi connectivity index (χ1n) is 10.7. The van der Waals surface area contributed by atoms with E-state index in [1.54, 1.807) is 42.2 Å². The van der Waals surface area contributed by atoms with E-state index < -0.39 is 16.1 Å². The first-order valence-corrected chi connectivity index (χ1v) is 12.2. The molecule has 1 aromatic heterocycles. The van der Waals surface area contributed by atoms with Crippen LogP contribution >= 0.6 is 0 Å². The number of amides is 1. The van der Waals surface area contributed by atoms with Crippen LogP contribution in [0.2, 0.25) is 0 Å². The summed E-state index contributed by atoms with van der Waals surface area (Å²) in [6.07, 6.45) is 6.68. The van der Waals surface area contributed by atoms with Crippen LogP contribution in [0.15, 0.2) is 41.6 Å². The number of hydrogen-bond donors (Lipinski definition) is 1. The Bertz CT molecular complexity index is 997. The van der Waals surface area contributed by atoms with Crippen LogP contribution in [-0.2, 0) is 19.6 Å². The SMILES string of the molecule is CC(C(=O)Nc1cc(S(=O)(=O)N2CCOCC2)ccc1N1CCCCC1)n1cccn1. The third kappa shape index (κ3) is 4.76. The summed E-state index contributed by atoms with van der Waals surface area (Å²) in [5.41, 5.74) is 1.36. The fourth-order valence-corrected chi connectivity index (χ4v) is 5.42. The second-order valence-corrected chi connectivity index (χ2v) is 9.83. The van der Waals surface area contributed by atoms with Gasteiger partial charge in [-0.25, -0.2) is 8.42 Å². The number of anilines is 2. The Morgan fingerprint density at radius 3 is 2.55 bits per heavy atom. The predicted molar refractivity (Wildman–Crippen MR) is 118 cm³/mol. The van der Waals surface area contributed by atoms with Crippen LogP contribution in [0.25, 0.3) is 0 Å². The number of carbonyl (C=O) groups excluding carboxylic acids is 1. The van der Waals surface area contributed by atoms with Gasteiger partial charge in [0.1, 0.15) is 6.04 Å². The van der Waals surface area contributed by atoms with Crippen molar-refractivity contribution in [3.63, 3.8) is 0 Å². The molecule has 0 aliphatic carbocycles. The molecule has 0 saturated carbocycles. The highest BCUT2D eigenvalue weighted by Crippen LogP contribution is 2.32. The van der Waals surface area contributed by atoms with Crippen LogP contribution in [0.4, 0.5) is 11.4 Å². The van der Waals surface area contributed by atoms with E-state index in [2.05, 4.69) is 15.3 Å². The Hall–Kier alpha value is -2.43. The van der Waals surface area contributed by atoms with E-state index >= 15 is 0 Å². The molecule has 2 aromatic rings. The molecular weight excluding hydrogens is 418 g/mol. The molecule has 168 valence electrons. The maximum atomic E-state index is 13.2. The molecule has 9 nitrogen and oxygen atoms in total. The van der Waals surface area contributed by atoms with Crippen molar-refractivity contribution in [3.8, 4) is 0 Å². The van der Waals surface area contributed by atoms with Gasteiger partial charge in [-0.1, -0.05) is 0 Å². The fraction of sp³-hybridized carbons (Fsp3) is 0.524. The van der Waals surface area contributed by atoms with E-state index in [0.29, 0.717) is 32.0 Å². The Labute approximate surface area is 183 Å². The number of rotatable bonds is 6. The quantitative estimate of drug-likeness (QED) is 0.728. The van der Waals surface area contributed by atoms with Gasteiger partial charge in [0, 0.05) is 38.6 Å². The Morgan fingerprint density at radius 1 is 1.13 bits per heavy atom. The second kappa shape index (κ2) is 9.37. The topological polar surface area (TPSA) is 96.8 Å². The summed E-state index contributed by atoms with van der Waals surface area (Å²) in [6.45, 7) is 4.95. The lowest BCUT2D eigenvalue weighted by molar-refractivity contribution is -0.119. The van der Waals surface area contributed by atoms with Crippen molar-refractivity contribution in [2.75, 3.05) is 49.6 Å². The van der Waals surface area contributed by atoms with E-state index in [-0.39, 0.29) is 10.8 Å². The summed E-state index contributed by atoms with van der Waals surface area (Å²) in [7, 11) is -3.67. The smallest absolute Gasteiger partial charge is 0.249 e. The van der Waals surface area contributed by atoms with Gasteiger partial charge in [-0.2, -0.15) is 9.40 Å². The van der Waals surface area contributed by atoms with Gasteiger partial charge in [0.25, 0.3) is 0 Å². The zero-order valence-corrected chi connectivity index (χ0v) is 18.6. The molecular formula is C21H29N5O4S. The minimum atomic E-state index is -3.67. The summed E-state index contributed by atoms with van der Waals surface area (Å²) >= 11 is 0. The maximum absolute atomic E-state index is 13.2. The summed E-state index contributed by atoms with van der Waals surface area (Å²) in [4.78, 5) is 15.3. The molecule has 1 aromatic carbocycles. The van der Waals surface area contributed by atoms with Crippen LogP contribution in [-0.4, -0.2) is 67.8 Å². The van der Waals surface area contributed by atoms with Crippen molar-refractivity contribution >= 4 is 27.3 Å². The van der Waals surface area contributed by atoms with Crippen molar-refractivity contribution < 1.29 is 17.9 Å². The minimum Gasteiger partial charge on any atom is -0.379 e. The van der Waals surface area contributed by atoms with E-state index in [1.807, 2.05) is 6.07 Å². The molecule has 2 saturated heterocycles. The molecule has 4 rings (SSSR count). The summed E-state index contributed by atoms with van der Waals surface area (Å²) in [5, 5.41) is 7.10. The van der Waals surface area contributed by atoms with Gasteiger partial charge in [0.15, 0.2) is 0 Å². The van der Waals surface area contributed by atoms with Gasteiger partial charge < -0.3 is 15.0 Å². The summed E-state index contributed by atoms with van der Waals surface area (Å²) < 4.78 is 34.6. The van der Waals surface area contributed by atoms with Crippen molar-refractivity contribution in [1.82, 2.24) is 14.1 Å². The van der Waals surface area contributed by atoms with Gasteiger partial charge in [-0.15, -0.1) is 0 Å². The highest BCUT2D eigenvalue weighted by atomic mass is 32.2. The number of aromatic nitrogens is 2. The van der Waals surface area contributed by atoms with E-state index in [0.717, 1.165) is 31.6 Å². The number of benzene rings is 1. The largest absolute Gasteiger partial charge is 0.379 e. The Balaban J connectivity index is 1.65. The molecule has 0 spiro atoms. The molecule has 0 radical (unpaired) electrons. The first kappa shape index (κ1) is 21.8. The highest BCUT2D eigenvalue weighted by Gasteiger charge is 2.28. The lowest BCUT2D eigenvalue weighted by Gasteiger charge is -2.31. The molecule has 1 unspecified atom stereocenters. The third-order valence-corrected chi connectivity index (χ3v) is 7.73. The highest BCUT2D eigenvalue weighted by molar-refractivity contribution is 7.89. The lowest BCUT2D eigenvalue weighted by atomic mass is 10.1. The molecule has 1 amide bonds. The minimum absolute atomic E-state index is 0.178. The molecule has 1 N–H and O–H groups in total. The molecule has 0 bridgehead atoms. The number of sulfonamides is 1. The zero-order valence-electron chi connectivity index (χ0n) is 17.7. The van der Waals surface area contributed by atoms with Crippen LogP contribution in [0.3, 0.4) is 0 Å². The lowest BCUT2D eigenvalue weighted by Crippen LogP contribution is -2.40. The van der Waals surface area contributed by atoms with Gasteiger partial charge in [-0.05, 0) is 50.5 Å². The maximum Gasteiger partial charge on any atom is 0.249 e. The normalized spacial score (nSPS) is 19.2. The average molecular weight is 448 g/mol. The average Bonchev–Trinajstić information content (AvgIpc) is 3.34. The number of morpholine rings is 1. The fourth-order valence-electron chi connectivity index (χ4n) is 3.99. The van der Waals surface area contributed by atoms with Crippen molar-refractivity contribution in [3.05, 3.63) is 36.7 Å². The number of carbonyl (C=O) groups is 1. The number of nitrogens with zero attached hydrogens (tertiary/aromatic N) is 4. The number of ether oxygens (including phenoxy) is 1. The van der Waals surface area contributed by atoms with E-state index in [9.17, 15) is 13.2 Å². The Morgan fingerprint density at radius 2 is 1.87 bits per heavy atom. The monoisotopic (exact) mass is 447 g/mol. The molecule has 2 aliphatic rings. The van der Waals surface area contributed by atoms with Crippen LogP contribution in [0.5, 0.6) is 0 Å². The van der Waals surface area contributed by atoms with E-state index in [4.69, 9.17) is 4.74 Å². The molecule has 3 heterocycles. The zero-order chi connectivity index (χ0) is 21.8. The standard InChI is InChI=1S/C21H29N5O4S/c1-17(26-11-5-8-22-26)21(27)23-19-16-18(31(28,29)25-12-14-30-15-13-25)6-7-20(19)24-9-3-2-4-10-24/h5-8,11,16-17H,2-4,9-10,12-15H2,1H3,(H,23,27). The van der Waals surface area contributed by atoms with Crippen LogP contribution in [0.1, 0.15) is 32.2 Å². The van der Waals surface area contributed by atoms with Crippen LogP contribution < -0.4 is 10.2 Å². The van der Waals surface area contributed by atoms with Crippen molar-refractivity contribution in [2.24, 2.45) is 0 Å².